The van der Waals surface area contributed by atoms with Crippen molar-refractivity contribution in [3.8, 4) is 11.5 Å². The minimum atomic E-state index is -1.17. The molecule has 1 heterocycles. The van der Waals surface area contributed by atoms with E-state index < -0.39 is 24.5 Å². The summed E-state index contributed by atoms with van der Waals surface area (Å²) in [7, 11) is 0. The first-order valence-corrected chi connectivity index (χ1v) is 9.49. The first kappa shape index (κ1) is 21.5. The van der Waals surface area contributed by atoms with Crippen LogP contribution in [0.5, 0.6) is 11.5 Å². The Labute approximate surface area is 181 Å². The first-order chi connectivity index (χ1) is 14.3. The van der Waals surface area contributed by atoms with Crippen LogP contribution in [0.2, 0.25) is 10.0 Å². The lowest BCUT2D eigenvalue weighted by molar-refractivity contribution is -0.139. The molecule has 0 radical (unpaired) electrons. The van der Waals surface area contributed by atoms with E-state index in [0.29, 0.717) is 16.3 Å². The molecule has 1 aliphatic rings. The molecule has 0 unspecified atom stereocenters. The van der Waals surface area contributed by atoms with Crippen molar-refractivity contribution >= 4 is 52.9 Å². The van der Waals surface area contributed by atoms with E-state index >= 15 is 0 Å². The quantitative estimate of drug-likeness (QED) is 0.488. The van der Waals surface area contributed by atoms with Gasteiger partial charge in [0.25, 0.3) is 5.91 Å². The summed E-state index contributed by atoms with van der Waals surface area (Å²) in [4.78, 5) is 36.8. The van der Waals surface area contributed by atoms with Crippen LogP contribution in [-0.2, 0) is 9.59 Å². The molecule has 2 aromatic rings. The second kappa shape index (κ2) is 9.06. The zero-order chi connectivity index (χ0) is 21.8. The number of nitrogens with zero attached hydrogens (tertiary/aromatic N) is 1. The first-order valence-electron chi connectivity index (χ1n) is 8.73. The molecule has 0 saturated carbocycles. The highest BCUT2D eigenvalue weighted by Crippen LogP contribution is 2.37. The summed E-state index contributed by atoms with van der Waals surface area (Å²) in [6.07, 6.45) is 1.43. The van der Waals surface area contributed by atoms with Gasteiger partial charge in [0.05, 0.1) is 17.3 Å². The molecule has 10 heteroatoms. The van der Waals surface area contributed by atoms with E-state index in [9.17, 15) is 14.4 Å². The van der Waals surface area contributed by atoms with Crippen LogP contribution in [0, 0.1) is 0 Å². The Hall–Kier alpha value is -3.23. The number of hydrogen-bond acceptors (Lipinski definition) is 5. The van der Waals surface area contributed by atoms with Crippen molar-refractivity contribution in [3.63, 3.8) is 0 Å². The number of ether oxygens (including phenoxy) is 2. The Morgan fingerprint density at radius 2 is 1.97 bits per heavy atom. The molecule has 3 rings (SSSR count). The number of anilines is 1. The summed E-state index contributed by atoms with van der Waals surface area (Å²) in [5, 5.41) is 11.8. The third kappa shape index (κ3) is 4.67. The predicted molar refractivity (Wildman–Crippen MR) is 111 cm³/mol. The van der Waals surface area contributed by atoms with Crippen LogP contribution >= 0.6 is 23.2 Å². The number of hydrogen-bond donors (Lipinski definition) is 2. The zero-order valence-electron chi connectivity index (χ0n) is 15.6. The molecule has 1 aliphatic heterocycles. The van der Waals surface area contributed by atoms with E-state index in [1.165, 1.54) is 24.3 Å². The number of carboxylic acids is 1. The summed E-state index contributed by atoms with van der Waals surface area (Å²) in [5.41, 5.74) is 0.805. The van der Waals surface area contributed by atoms with Crippen LogP contribution in [0.25, 0.3) is 6.08 Å². The molecule has 1 fully saturated rings. The van der Waals surface area contributed by atoms with Crippen LogP contribution in [0.4, 0.5) is 10.5 Å². The second-order valence-electron chi connectivity index (χ2n) is 6.05. The van der Waals surface area contributed by atoms with Crippen LogP contribution in [0.1, 0.15) is 12.5 Å². The van der Waals surface area contributed by atoms with Gasteiger partial charge in [-0.05, 0) is 48.9 Å². The molecule has 0 aliphatic carbocycles. The summed E-state index contributed by atoms with van der Waals surface area (Å²) < 4.78 is 10.7. The van der Waals surface area contributed by atoms with Crippen molar-refractivity contribution in [1.29, 1.82) is 0 Å². The van der Waals surface area contributed by atoms with E-state index in [1.54, 1.807) is 25.1 Å². The largest absolute Gasteiger partial charge is 0.490 e. The molecule has 0 bridgehead atoms. The van der Waals surface area contributed by atoms with E-state index in [2.05, 4.69) is 5.32 Å². The number of carboxylic acid groups (broad SMARTS) is 1. The van der Waals surface area contributed by atoms with Gasteiger partial charge < -0.3 is 19.9 Å². The van der Waals surface area contributed by atoms with Crippen LogP contribution in [-0.4, -0.2) is 36.2 Å². The molecular formula is C20H16Cl2N2O6. The fraction of sp³-hybridized carbons (Fsp3) is 0.150. The van der Waals surface area contributed by atoms with Gasteiger partial charge in [-0.15, -0.1) is 0 Å². The molecule has 2 aromatic carbocycles. The smallest absolute Gasteiger partial charge is 0.341 e. The maximum Gasteiger partial charge on any atom is 0.341 e. The summed E-state index contributed by atoms with van der Waals surface area (Å²) in [5.74, 6) is -1.45. The molecule has 1 saturated heterocycles. The Kier molecular flexibility index (Phi) is 6.49. The minimum Gasteiger partial charge on any atom is -0.490 e. The molecule has 0 aromatic heterocycles. The summed E-state index contributed by atoms with van der Waals surface area (Å²) in [6, 6.07) is 8.73. The summed E-state index contributed by atoms with van der Waals surface area (Å²) in [6.45, 7) is 1.42. The van der Waals surface area contributed by atoms with Crippen molar-refractivity contribution in [3.05, 3.63) is 57.7 Å². The average Bonchev–Trinajstić information content (AvgIpc) is 2.94. The number of urea groups is 1. The van der Waals surface area contributed by atoms with E-state index in [1.807, 2.05) is 0 Å². The maximum atomic E-state index is 12.7. The van der Waals surface area contributed by atoms with E-state index in [-0.39, 0.29) is 28.8 Å². The van der Waals surface area contributed by atoms with E-state index in [0.717, 1.165) is 4.90 Å². The fourth-order valence-electron chi connectivity index (χ4n) is 2.76. The predicted octanol–water partition coefficient (Wildman–Crippen LogP) is 3.95. The molecule has 0 spiro atoms. The topological polar surface area (TPSA) is 105 Å². The minimum absolute atomic E-state index is 0.0256. The van der Waals surface area contributed by atoms with Gasteiger partial charge in [0.1, 0.15) is 5.70 Å². The monoisotopic (exact) mass is 450 g/mol. The summed E-state index contributed by atoms with van der Waals surface area (Å²) >= 11 is 12.2. The molecule has 156 valence electrons. The normalized spacial score (nSPS) is 14.8. The fourth-order valence-corrected chi connectivity index (χ4v) is 3.22. The Balaban J connectivity index is 1.93. The van der Waals surface area contributed by atoms with Gasteiger partial charge in [-0.3, -0.25) is 4.79 Å². The van der Waals surface area contributed by atoms with Gasteiger partial charge in [-0.2, -0.15) is 0 Å². The number of carbonyl (C=O) groups is 3. The van der Waals surface area contributed by atoms with Gasteiger partial charge >= 0.3 is 12.0 Å². The van der Waals surface area contributed by atoms with Crippen LogP contribution in [0.3, 0.4) is 0 Å². The number of amides is 3. The number of benzene rings is 2. The Morgan fingerprint density at radius 3 is 2.63 bits per heavy atom. The van der Waals surface area contributed by atoms with Crippen molar-refractivity contribution in [2.45, 2.75) is 6.92 Å². The molecular weight excluding hydrogens is 435 g/mol. The standard InChI is InChI=1S/C20H16Cl2N2O6/c1-2-29-16-8-11(6-14(22)18(16)30-10-17(25)26)7-15-19(27)24(20(28)23-15)13-5-3-4-12(21)9-13/h3-9H,2,10H2,1H3,(H,23,28)(H,25,26)/b15-7+. The number of rotatable bonds is 7. The lowest BCUT2D eigenvalue weighted by atomic mass is 10.1. The SMILES string of the molecule is CCOc1cc(/C=C2/NC(=O)N(c3cccc(Cl)c3)C2=O)cc(Cl)c1OCC(=O)O. The highest BCUT2D eigenvalue weighted by atomic mass is 35.5. The van der Waals surface area contributed by atoms with Gasteiger partial charge in [0, 0.05) is 5.02 Å². The molecule has 3 amide bonds. The number of aliphatic carboxylic acids is 1. The van der Waals surface area contributed by atoms with Gasteiger partial charge in [0.2, 0.25) is 0 Å². The third-order valence-electron chi connectivity index (χ3n) is 3.93. The zero-order valence-corrected chi connectivity index (χ0v) is 17.2. The van der Waals surface area contributed by atoms with E-state index in [4.69, 9.17) is 37.8 Å². The third-order valence-corrected chi connectivity index (χ3v) is 4.44. The lowest BCUT2D eigenvalue weighted by Crippen LogP contribution is -2.30. The number of halogens is 2. The average molecular weight is 451 g/mol. The van der Waals surface area contributed by atoms with Gasteiger partial charge in [-0.25, -0.2) is 14.5 Å². The van der Waals surface area contributed by atoms with Gasteiger partial charge in [-0.1, -0.05) is 29.3 Å². The Morgan fingerprint density at radius 1 is 1.20 bits per heavy atom. The number of nitrogens with one attached hydrogen (secondary N) is 1. The van der Waals surface area contributed by atoms with Crippen molar-refractivity contribution in [1.82, 2.24) is 5.32 Å². The second-order valence-corrected chi connectivity index (χ2v) is 6.90. The van der Waals surface area contributed by atoms with Crippen LogP contribution < -0.4 is 19.7 Å². The van der Waals surface area contributed by atoms with Crippen LogP contribution in [0.15, 0.2) is 42.1 Å². The molecule has 30 heavy (non-hydrogen) atoms. The number of imide groups is 1. The maximum absolute atomic E-state index is 12.7. The highest BCUT2D eigenvalue weighted by molar-refractivity contribution is 6.33. The molecule has 0 atom stereocenters. The van der Waals surface area contributed by atoms with Crippen molar-refractivity contribution in [2.24, 2.45) is 0 Å². The van der Waals surface area contributed by atoms with Gasteiger partial charge in [0.15, 0.2) is 18.1 Å². The highest BCUT2D eigenvalue weighted by Gasteiger charge is 2.35. The molecule has 8 nitrogen and oxygen atoms in total. The Bertz CT molecular complexity index is 1050. The number of carbonyl (C=O) groups excluding carboxylic acids is 2. The van der Waals surface area contributed by atoms with Crippen molar-refractivity contribution < 1.29 is 29.0 Å². The van der Waals surface area contributed by atoms with Crippen molar-refractivity contribution in [2.75, 3.05) is 18.1 Å². The molecule has 2 N–H and O–H groups in total. The lowest BCUT2D eigenvalue weighted by Gasteiger charge is -2.13.